The molecule has 2 N–H and O–H groups in total. The fourth-order valence-corrected chi connectivity index (χ4v) is 9.14. The Morgan fingerprint density at radius 3 is 2.42 bits per heavy atom. The molecule has 0 aromatic carbocycles. The van der Waals surface area contributed by atoms with Gasteiger partial charge in [-0.3, -0.25) is 0 Å². The SMILES string of the molecule is CC[C@H]1CC2C3CCC(CCCCN)C3(C)CC[C@@H]2C2(C)CCCCC12. The van der Waals surface area contributed by atoms with Crippen LogP contribution in [0.15, 0.2) is 0 Å². The number of rotatable bonds is 5. The highest BCUT2D eigenvalue weighted by Crippen LogP contribution is 2.69. The van der Waals surface area contributed by atoms with E-state index < -0.39 is 0 Å². The molecule has 6 unspecified atom stereocenters. The Morgan fingerprint density at radius 2 is 1.65 bits per heavy atom. The zero-order valence-corrected chi connectivity index (χ0v) is 17.9. The normalized spacial score (nSPS) is 50.8. The second-order valence-electron chi connectivity index (χ2n) is 11.2. The van der Waals surface area contributed by atoms with Crippen LogP contribution in [0, 0.1) is 46.3 Å². The van der Waals surface area contributed by atoms with Gasteiger partial charge in [-0.05, 0) is 111 Å². The lowest BCUT2D eigenvalue weighted by Gasteiger charge is -2.62. The van der Waals surface area contributed by atoms with Crippen LogP contribution >= 0.6 is 0 Å². The van der Waals surface area contributed by atoms with Crippen LogP contribution in [0.2, 0.25) is 0 Å². The number of fused-ring (bicyclic) bond motifs is 5. The Bertz CT molecular complexity index is 487. The minimum absolute atomic E-state index is 0.659. The fourth-order valence-electron chi connectivity index (χ4n) is 9.14. The minimum Gasteiger partial charge on any atom is -0.330 e. The van der Waals surface area contributed by atoms with Gasteiger partial charge in [0.2, 0.25) is 0 Å². The van der Waals surface area contributed by atoms with Crippen molar-refractivity contribution < 1.29 is 0 Å². The van der Waals surface area contributed by atoms with Crippen LogP contribution in [0.5, 0.6) is 0 Å². The highest BCUT2D eigenvalue weighted by Gasteiger charge is 2.60. The molecule has 4 rings (SSSR count). The second-order valence-corrected chi connectivity index (χ2v) is 11.2. The van der Waals surface area contributed by atoms with Gasteiger partial charge in [0, 0.05) is 0 Å². The Labute approximate surface area is 163 Å². The molecule has 0 aliphatic heterocycles. The highest BCUT2D eigenvalue weighted by molar-refractivity contribution is 5.10. The summed E-state index contributed by atoms with van der Waals surface area (Å²) in [6.45, 7) is 8.83. The summed E-state index contributed by atoms with van der Waals surface area (Å²) in [7, 11) is 0. The number of nitrogens with two attached hydrogens (primary N) is 1. The van der Waals surface area contributed by atoms with E-state index in [0.717, 1.165) is 42.1 Å². The van der Waals surface area contributed by atoms with E-state index in [1.54, 1.807) is 32.1 Å². The fraction of sp³-hybridized carbons (Fsp3) is 1.00. The van der Waals surface area contributed by atoms with E-state index in [1.165, 1.54) is 51.4 Å². The molecular formula is C25H45N. The molecule has 4 fully saturated rings. The van der Waals surface area contributed by atoms with Gasteiger partial charge < -0.3 is 5.73 Å². The van der Waals surface area contributed by atoms with Crippen molar-refractivity contribution in [3.8, 4) is 0 Å². The molecule has 1 heteroatoms. The molecule has 0 aromatic rings. The lowest BCUT2D eigenvalue weighted by molar-refractivity contribution is -0.135. The molecule has 1 nitrogen and oxygen atoms in total. The van der Waals surface area contributed by atoms with Crippen LogP contribution in [0.3, 0.4) is 0 Å². The van der Waals surface area contributed by atoms with E-state index in [-0.39, 0.29) is 0 Å². The molecule has 0 spiro atoms. The van der Waals surface area contributed by atoms with E-state index in [4.69, 9.17) is 5.73 Å². The lowest BCUT2D eigenvalue weighted by atomic mass is 9.42. The molecule has 150 valence electrons. The Morgan fingerprint density at radius 1 is 0.846 bits per heavy atom. The Hall–Kier alpha value is -0.0400. The summed E-state index contributed by atoms with van der Waals surface area (Å²) in [5.74, 6) is 6.22. The smallest absolute Gasteiger partial charge is 0.00773 e. The monoisotopic (exact) mass is 359 g/mol. The van der Waals surface area contributed by atoms with E-state index in [0.29, 0.717) is 10.8 Å². The summed E-state index contributed by atoms with van der Waals surface area (Å²) < 4.78 is 0. The van der Waals surface area contributed by atoms with Gasteiger partial charge in [0.05, 0.1) is 0 Å². The number of hydrogen-bond acceptors (Lipinski definition) is 1. The predicted octanol–water partition coefficient (Wildman–Crippen LogP) is 6.80. The van der Waals surface area contributed by atoms with Crippen LogP contribution in [-0.4, -0.2) is 6.54 Å². The third-order valence-electron chi connectivity index (χ3n) is 10.5. The summed E-state index contributed by atoms with van der Waals surface area (Å²) in [6.07, 6.45) is 19.3. The first-order valence-corrected chi connectivity index (χ1v) is 12.2. The van der Waals surface area contributed by atoms with E-state index >= 15 is 0 Å². The molecule has 8 atom stereocenters. The Balaban J connectivity index is 1.56. The van der Waals surface area contributed by atoms with Crippen molar-refractivity contribution >= 4 is 0 Å². The maximum absolute atomic E-state index is 5.77. The standard InChI is InChI=1S/C25H45N/c1-4-18-17-20-22-12-11-19(9-6-8-16-26)24(22,2)15-13-23(20)25(3)14-7-5-10-21(18)25/h18-23H,4-17,26H2,1-3H3/t18-,19?,20?,21?,22?,23-,24?,25?/m0/s1. The van der Waals surface area contributed by atoms with Crippen LogP contribution in [0.4, 0.5) is 0 Å². The van der Waals surface area contributed by atoms with Crippen molar-refractivity contribution in [2.45, 2.75) is 104 Å². The zero-order valence-electron chi connectivity index (χ0n) is 17.9. The first-order valence-electron chi connectivity index (χ1n) is 12.2. The van der Waals surface area contributed by atoms with Crippen LogP contribution in [0.25, 0.3) is 0 Å². The van der Waals surface area contributed by atoms with E-state index in [2.05, 4.69) is 20.8 Å². The molecule has 4 aliphatic rings. The molecule has 0 saturated heterocycles. The predicted molar refractivity (Wildman–Crippen MR) is 112 cm³/mol. The van der Waals surface area contributed by atoms with Crippen molar-refractivity contribution in [2.24, 2.45) is 52.1 Å². The third kappa shape index (κ3) is 2.90. The van der Waals surface area contributed by atoms with Crippen molar-refractivity contribution in [1.82, 2.24) is 0 Å². The summed E-state index contributed by atoms with van der Waals surface area (Å²) in [5.41, 5.74) is 7.11. The van der Waals surface area contributed by atoms with Gasteiger partial charge in [-0.2, -0.15) is 0 Å². The summed E-state index contributed by atoms with van der Waals surface area (Å²) in [6, 6.07) is 0. The van der Waals surface area contributed by atoms with Gasteiger partial charge in [0.1, 0.15) is 0 Å². The van der Waals surface area contributed by atoms with Crippen molar-refractivity contribution in [3.63, 3.8) is 0 Å². The van der Waals surface area contributed by atoms with E-state index in [9.17, 15) is 0 Å². The summed E-state index contributed by atoms with van der Waals surface area (Å²) in [4.78, 5) is 0. The second kappa shape index (κ2) is 7.41. The summed E-state index contributed by atoms with van der Waals surface area (Å²) in [5, 5.41) is 0. The molecular weight excluding hydrogens is 314 g/mol. The summed E-state index contributed by atoms with van der Waals surface area (Å²) >= 11 is 0. The Kier molecular flexibility index (Phi) is 5.50. The molecule has 0 bridgehead atoms. The molecule has 4 saturated carbocycles. The van der Waals surface area contributed by atoms with Crippen molar-refractivity contribution in [1.29, 1.82) is 0 Å². The highest BCUT2D eigenvalue weighted by atomic mass is 14.7. The molecule has 0 aromatic heterocycles. The molecule has 26 heavy (non-hydrogen) atoms. The average Bonchev–Trinajstić information content (AvgIpc) is 2.97. The molecule has 0 heterocycles. The number of unbranched alkanes of at least 4 members (excludes halogenated alkanes) is 1. The van der Waals surface area contributed by atoms with Crippen molar-refractivity contribution in [2.75, 3.05) is 6.54 Å². The topological polar surface area (TPSA) is 26.0 Å². The first-order chi connectivity index (χ1) is 12.5. The van der Waals surface area contributed by atoms with Gasteiger partial charge in [0.15, 0.2) is 0 Å². The van der Waals surface area contributed by atoms with Crippen LogP contribution in [-0.2, 0) is 0 Å². The van der Waals surface area contributed by atoms with Crippen LogP contribution < -0.4 is 5.73 Å². The molecule has 0 radical (unpaired) electrons. The maximum Gasteiger partial charge on any atom is -0.00773 e. The zero-order chi connectivity index (χ0) is 18.4. The third-order valence-corrected chi connectivity index (χ3v) is 10.5. The van der Waals surface area contributed by atoms with Crippen molar-refractivity contribution in [3.05, 3.63) is 0 Å². The lowest BCUT2D eigenvalue weighted by Crippen LogP contribution is -2.55. The van der Waals surface area contributed by atoms with Gasteiger partial charge in [-0.15, -0.1) is 0 Å². The first kappa shape index (κ1) is 19.3. The van der Waals surface area contributed by atoms with Gasteiger partial charge in [-0.1, -0.05) is 46.5 Å². The molecule has 4 aliphatic carbocycles. The maximum atomic E-state index is 5.77. The van der Waals surface area contributed by atoms with E-state index in [1.807, 2.05) is 0 Å². The largest absolute Gasteiger partial charge is 0.330 e. The van der Waals surface area contributed by atoms with Gasteiger partial charge in [0.25, 0.3) is 0 Å². The van der Waals surface area contributed by atoms with Gasteiger partial charge >= 0.3 is 0 Å². The minimum atomic E-state index is 0.659. The quantitative estimate of drug-likeness (QED) is 0.537. The average molecular weight is 360 g/mol. The van der Waals surface area contributed by atoms with Crippen LogP contribution in [0.1, 0.15) is 104 Å². The van der Waals surface area contributed by atoms with Gasteiger partial charge in [-0.25, -0.2) is 0 Å². The molecule has 0 amide bonds. The number of hydrogen-bond donors (Lipinski definition) is 1.